The summed E-state index contributed by atoms with van der Waals surface area (Å²) >= 11 is 0. The van der Waals surface area contributed by atoms with Gasteiger partial charge in [-0.3, -0.25) is 4.79 Å². The number of fused-ring (bicyclic) bond motifs is 1. The van der Waals surface area contributed by atoms with Crippen molar-refractivity contribution in [2.45, 2.75) is 32.9 Å². The van der Waals surface area contributed by atoms with Crippen LogP contribution in [0.15, 0.2) is 80.6 Å². The Morgan fingerprint density at radius 2 is 1.82 bits per heavy atom. The Labute approximate surface area is 190 Å². The first-order valence-corrected chi connectivity index (χ1v) is 10.5. The average Bonchev–Trinajstić information content (AvgIpc) is 3.35. The number of esters is 1. The van der Waals surface area contributed by atoms with Crippen molar-refractivity contribution < 1.29 is 23.2 Å². The van der Waals surface area contributed by atoms with Crippen LogP contribution in [0.5, 0.6) is 0 Å². The second-order valence-electron chi connectivity index (χ2n) is 7.78. The van der Waals surface area contributed by atoms with Gasteiger partial charge in [0.15, 0.2) is 5.76 Å². The Kier molecular flexibility index (Phi) is 6.40. The van der Waals surface area contributed by atoms with E-state index in [0.29, 0.717) is 16.5 Å². The molecule has 7 heteroatoms. The van der Waals surface area contributed by atoms with Crippen molar-refractivity contribution in [3.63, 3.8) is 0 Å². The number of amides is 1. The number of ether oxygens (including phenoxy) is 1. The van der Waals surface area contributed by atoms with Crippen LogP contribution >= 0.6 is 0 Å². The molecule has 2 aromatic carbocycles. The Balaban J connectivity index is 1.56. The zero-order chi connectivity index (χ0) is 23.4. The van der Waals surface area contributed by atoms with Crippen molar-refractivity contribution in [3.05, 3.63) is 105 Å². The molecule has 0 saturated carbocycles. The van der Waals surface area contributed by atoms with Gasteiger partial charge in [0.25, 0.3) is 5.91 Å². The summed E-state index contributed by atoms with van der Waals surface area (Å²) in [5.74, 6) is -1.04. The van der Waals surface area contributed by atoms with Crippen molar-refractivity contribution in [2.24, 2.45) is 0 Å². The smallest absolute Gasteiger partial charge is 0.336 e. The first-order chi connectivity index (χ1) is 15.9. The normalized spacial score (nSPS) is 11.8. The number of carbonyl (C=O) groups is 2. The highest BCUT2D eigenvalue weighted by Gasteiger charge is 2.25. The van der Waals surface area contributed by atoms with Gasteiger partial charge in [0, 0.05) is 23.4 Å². The van der Waals surface area contributed by atoms with Gasteiger partial charge >= 0.3 is 11.6 Å². The van der Waals surface area contributed by atoms with Crippen molar-refractivity contribution >= 4 is 22.8 Å². The number of aryl methyl sites for hydroxylation is 2. The summed E-state index contributed by atoms with van der Waals surface area (Å²) in [5.41, 5.74) is 3.19. The fourth-order valence-corrected chi connectivity index (χ4v) is 3.57. The molecule has 7 nitrogen and oxygen atoms in total. The third-order valence-corrected chi connectivity index (χ3v) is 5.50. The quantitative estimate of drug-likeness (QED) is 0.340. The summed E-state index contributed by atoms with van der Waals surface area (Å²) < 4.78 is 16.1. The van der Waals surface area contributed by atoms with Crippen LogP contribution in [0.4, 0.5) is 0 Å². The first-order valence-electron chi connectivity index (χ1n) is 10.5. The third-order valence-electron chi connectivity index (χ3n) is 5.50. The molecule has 2 aromatic heterocycles. The second kappa shape index (κ2) is 9.56. The van der Waals surface area contributed by atoms with E-state index in [1.807, 2.05) is 56.3 Å². The SMILES string of the molecule is Cc1ccc2c(COC(=O)[C@H](Cc3ccccc3)NC(=O)c3ccco3)cc(=O)oc2c1C. The minimum atomic E-state index is -0.944. The number of benzene rings is 2. The largest absolute Gasteiger partial charge is 0.459 e. The number of hydrogen-bond acceptors (Lipinski definition) is 6. The zero-order valence-corrected chi connectivity index (χ0v) is 18.3. The predicted octanol–water partition coefficient (Wildman–Crippen LogP) is 4.09. The molecule has 4 aromatic rings. The number of hydrogen-bond donors (Lipinski definition) is 1. The molecular formula is C26H23NO6. The highest BCUT2D eigenvalue weighted by atomic mass is 16.5. The highest BCUT2D eigenvalue weighted by molar-refractivity contribution is 5.94. The Morgan fingerprint density at radius 1 is 1.03 bits per heavy atom. The molecule has 0 aliphatic rings. The molecule has 0 aliphatic heterocycles. The van der Waals surface area contributed by atoms with E-state index in [1.54, 1.807) is 6.07 Å². The molecule has 1 N–H and O–H groups in total. The van der Waals surface area contributed by atoms with Gasteiger partial charge in [0.1, 0.15) is 18.2 Å². The lowest BCUT2D eigenvalue weighted by Crippen LogP contribution is -2.43. The zero-order valence-electron chi connectivity index (χ0n) is 18.3. The fraction of sp³-hybridized carbons (Fsp3) is 0.192. The van der Waals surface area contributed by atoms with E-state index < -0.39 is 23.5 Å². The summed E-state index contributed by atoms with van der Waals surface area (Å²) in [5, 5.41) is 3.38. The Hall–Kier alpha value is -4.13. The van der Waals surface area contributed by atoms with E-state index >= 15 is 0 Å². The van der Waals surface area contributed by atoms with Gasteiger partial charge in [-0.15, -0.1) is 0 Å². The van der Waals surface area contributed by atoms with E-state index in [-0.39, 0.29) is 18.8 Å². The standard InChI is InChI=1S/C26H23NO6/c1-16-10-11-20-19(14-23(28)33-24(20)17(16)2)15-32-26(30)21(13-18-7-4-3-5-8-18)27-25(29)22-9-6-12-31-22/h3-12,14,21H,13,15H2,1-2H3,(H,27,29)/t21-/m0/s1. The summed E-state index contributed by atoms with van der Waals surface area (Å²) in [6, 6.07) is 16.5. The summed E-state index contributed by atoms with van der Waals surface area (Å²) in [6.45, 7) is 3.67. The fourth-order valence-electron chi connectivity index (χ4n) is 3.57. The van der Waals surface area contributed by atoms with Crippen LogP contribution in [0.3, 0.4) is 0 Å². The van der Waals surface area contributed by atoms with E-state index in [0.717, 1.165) is 16.7 Å². The van der Waals surface area contributed by atoms with Crippen LogP contribution < -0.4 is 10.9 Å². The van der Waals surface area contributed by atoms with E-state index in [4.69, 9.17) is 13.6 Å². The van der Waals surface area contributed by atoms with E-state index in [2.05, 4.69) is 5.32 Å². The van der Waals surface area contributed by atoms with E-state index in [1.165, 1.54) is 18.4 Å². The van der Waals surface area contributed by atoms with Gasteiger partial charge in [-0.1, -0.05) is 42.5 Å². The summed E-state index contributed by atoms with van der Waals surface area (Å²) in [7, 11) is 0. The van der Waals surface area contributed by atoms with Crippen LogP contribution in [0, 0.1) is 13.8 Å². The highest BCUT2D eigenvalue weighted by Crippen LogP contribution is 2.24. The second-order valence-corrected chi connectivity index (χ2v) is 7.78. The van der Waals surface area contributed by atoms with Gasteiger partial charge in [0.2, 0.25) is 0 Å². The lowest BCUT2D eigenvalue weighted by molar-refractivity contribution is -0.147. The number of carbonyl (C=O) groups excluding carboxylic acids is 2. The molecule has 0 aliphatic carbocycles. The predicted molar refractivity (Wildman–Crippen MR) is 122 cm³/mol. The molecule has 0 spiro atoms. The molecule has 0 bridgehead atoms. The van der Waals surface area contributed by atoms with Crippen LogP contribution in [-0.4, -0.2) is 17.9 Å². The molecular weight excluding hydrogens is 422 g/mol. The van der Waals surface area contributed by atoms with Gasteiger partial charge in [-0.2, -0.15) is 0 Å². The van der Waals surface area contributed by atoms with Gasteiger partial charge in [-0.05, 0) is 42.7 Å². The maximum Gasteiger partial charge on any atom is 0.336 e. The van der Waals surface area contributed by atoms with Crippen molar-refractivity contribution in [2.75, 3.05) is 0 Å². The minimum absolute atomic E-state index is 0.0957. The Morgan fingerprint density at radius 3 is 2.55 bits per heavy atom. The minimum Gasteiger partial charge on any atom is -0.459 e. The number of rotatable bonds is 7. The van der Waals surface area contributed by atoms with Gasteiger partial charge in [-0.25, -0.2) is 9.59 Å². The molecule has 0 fully saturated rings. The maximum absolute atomic E-state index is 13.0. The molecule has 168 valence electrons. The van der Waals surface area contributed by atoms with Gasteiger partial charge in [0.05, 0.1) is 6.26 Å². The molecule has 0 unspecified atom stereocenters. The maximum atomic E-state index is 13.0. The van der Waals surface area contributed by atoms with Crippen LogP contribution in [0.2, 0.25) is 0 Å². The lowest BCUT2D eigenvalue weighted by Gasteiger charge is -2.18. The summed E-state index contributed by atoms with van der Waals surface area (Å²) in [6.07, 6.45) is 1.62. The van der Waals surface area contributed by atoms with Crippen molar-refractivity contribution in [1.82, 2.24) is 5.32 Å². The molecule has 1 atom stereocenters. The van der Waals surface area contributed by atoms with Crippen molar-refractivity contribution in [3.8, 4) is 0 Å². The van der Waals surface area contributed by atoms with Gasteiger partial charge < -0.3 is 18.9 Å². The molecule has 33 heavy (non-hydrogen) atoms. The van der Waals surface area contributed by atoms with Crippen LogP contribution in [-0.2, 0) is 22.6 Å². The van der Waals surface area contributed by atoms with Crippen LogP contribution in [0.1, 0.15) is 32.8 Å². The van der Waals surface area contributed by atoms with E-state index in [9.17, 15) is 14.4 Å². The molecule has 1 amide bonds. The third kappa shape index (κ3) is 5.03. The molecule has 2 heterocycles. The lowest BCUT2D eigenvalue weighted by atomic mass is 10.0. The molecule has 4 rings (SSSR count). The monoisotopic (exact) mass is 445 g/mol. The van der Waals surface area contributed by atoms with Crippen LogP contribution in [0.25, 0.3) is 11.0 Å². The Bertz CT molecular complexity index is 1340. The summed E-state index contributed by atoms with van der Waals surface area (Å²) in [4.78, 5) is 37.6. The molecule has 0 saturated heterocycles. The average molecular weight is 445 g/mol. The number of furan rings is 1. The van der Waals surface area contributed by atoms with Crippen molar-refractivity contribution in [1.29, 1.82) is 0 Å². The molecule has 0 radical (unpaired) electrons. The number of nitrogens with one attached hydrogen (secondary N) is 1. The first kappa shape index (κ1) is 22.1. The topological polar surface area (TPSA) is 98.7 Å².